The Morgan fingerprint density at radius 2 is 1.68 bits per heavy atom. The van der Waals surface area contributed by atoms with E-state index in [9.17, 15) is 14.4 Å². The minimum atomic E-state index is -0.441. The lowest BCUT2D eigenvalue weighted by Gasteiger charge is -2.58. The summed E-state index contributed by atoms with van der Waals surface area (Å²) in [6.45, 7) is 0.671. The van der Waals surface area contributed by atoms with Gasteiger partial charge in [-0.15, -0.1) is 0 Å². The largest absolute Gasteiger partial charge is 0.327 e. The van der Waals surface area contributed by atoms with E-state index in [0.717, 1.165) is 32.1 Å². The second-order valence-corrected chi connectivity index (χ2v) is 10.1. The molecule has 1 atom stereocenters. The summed E-state index contributed by atoms with van der Waals surface area (Å²) >= 11 is 0. The third-order valence-electron chi connectivity index (χ3n) is 7.96. The summed E-state index contributed by atoms with van der Waals surface area (Å²) in [4.78, 5) is 41.8. The average molecular weight is 389 g/mol. The highest BCUT2D eigenvalue weighted by molar-refractivity contribution is 6.05. The lowest BCUT2D eigenvalue weighted by atomic mass is 9.52. The van der Waals surface area contributed by atoms with Gasteiger partial charge in [0.1, 0.15) is 6.04 Å². The van der Waals surface area contributed by atoms with Crippen LogP contribution in [0.25, 0.3) is 0 Å². The topological polar surface area (TPSA) is 90.0 Å². The number of nitrogens with zero attached hydrogens (tertiary/aromatic N) is 2. The third-order valence-corrected chi connectivity index (χ3v) is 7.96. The number of amides is 4. The van der Waals surface area contributed by atoms with Gasteiger partial charge in [-0.1, -0.05) is 0 Å². The van der Waals surface area contributed by atoms with Gasteiger partial charge in [-0.25, -0.2) is 10.3 Å². The molecule has 28 heavy (non-hydrogen) atoms. The first kappa shape index (κ1) is 18.4. The van der Waals surface area contributed by atoms with Gasteiger partial charge >= 0.3 is 6.03 Å². The van der Waals surface area contributed by atoms with Crippen molar-refractivity contribution in [1.29, 1.82) is 0 Å². The fraction of sp³-hybridized carbons (Fsp3) is 0.857. The molecule has 1 saturated heterocycles. The van der Waals surface area contributed by atoms with Crippen LogP contribution in [0.15, 0.2) is 0 Å². The number of hydrogen-bond acceptors (Lipinski definition) is 4. The van der Waals surface area contributed by atoms with E-state index < -0.39 is 11.9 Å². The van der Waals surface area contributed by atoms with Crippen molar-refractivity contribution in [2.24, 2.45) is 23.7 Å². The number of imide groups is 1. The van der Waals surface area contributed by atoms with Gasteiger partial charge in [-0.3, -0.25) is 19.7 Å². The first-order chi connectivity index (χ1) is 13.5. The molecular formula is C21H31N3O4. The highest BCUT2D eigenvalue weighted by atomic mass is 16.5. The Hall–Kier alpha value is -1.63. The maximum absolute atomic E-state index is 13.5. The molecule has 0 spiro atoms. The summed E-state index contributed by atoms with van der Waals surface area (Å²) in [5, 5.41) is 8.70. The highest BCUT2D eigenvalue weighted by Gasteiger charge is 2.60. The maximum atomic E-state index is 13.5. The van der Waals surface area contributed by atoms with E-state index in [1.165, 1.54) is 19.3 Å². The van der Waals surface area contributed by atoms with Gasteiger partial charge in [0.15, 0.2) is 0 Å². The van der Waals surface area contributed by atoms with E-state index in [4.69, 9.17) is 5.21 Å². The third kappa shape index (κ3) is 3.02. The van der Waals surface area contributed by atoms with Crippen molar-refractivity contribution >= 4 is 17.8 Å². The summed E-state index contributed by atoms with van der Waals surface area (Å²) in [6, 6.07) is -0.511. The molecule has 1 unspecified atom stereocenters. The molecule has 4 bridgehead atoms. The predicted molar refractivity (Wildman–Crippen MR) is 100 cm³/mol. The Bertz CT molecular complexity index is 654. The van der Waals surface area contributed by atoms with Crippen LogP contribution in [0.1, 0.15) is 70.6 Å². The van der Waals surface area contributed by atoms with E-state index in [0.29, 0.717) is 43.1 Å². The van der Waals surface area contributed by atoms with Crippen LogP contribution in [0, 0.1) is 23.7 Å². The first-order valence-corrected chi connectivity index (χ1v) is 11.1. The molecule has 4 amide bonds. The zero-order valence-electron chi connectivity index (χ0n) is 16.4. The Morgan fingerprint density at radius 3 is 2.21 bits per heavy atom. The molecule has 154 valence electrons. The molecule has 0 aromatic rings. The first-order valence-electron chi connectivity index (χ1n) is 11.1. The van der Waals surface area contributed by atoms with Crippen molar-refractivity contribution in [1.82, 2.24) is 15.3 Å². The van der Waals surface area contributed by atoms with Gasteiger partial charge in [-0.2, -0.15) is 0 Å². The number of carbonyl (C=O) groups is 3. The normalized spacial score (nSPS) is 39.2. The van der Waals surface area contributed by atoms with Crippen LogP contribution < -0.4 is 5.48 Å². The number of rotatable bonds is 7. The van der Waals surface area contributed by atoms with Crippen molar-refractivity contribution in [2.45, 2.75) is 82.2 Å². The lowest BCUT2D eigenvalue weighted by molar-refractivity contribution is -0.141. The molecule has 2 N–H and O–H groups in total. The second kappa shape index (κ2) is 6.71. The molecule has 6 aliphatic rings. The zero-order valence-corrected chi connectivity index (χ0v) is 16.4. The SMILES string of the molecule is O=C(CCCC1C(=O)N(C23CC4CC(CC(C4)C2)C3)C(=O)N1CC1CC1)NO. The standard InChI is InChI=1S/C21H31N3O4/c25-18(22-28)3-1-2-17-19(26)24(20(27)23(17)12-13-4-5-13)21-9-14-6-15(10-21)8-16(7-14)11-21/h13-17,28H,1-12H2,(H,22,25). The van der Waals surface area contributed by atoms with Crippen LogP contribution in [0.4, 0.5) is 4.79 Å². The molecule has 1 heterocycles. The Balaban J connectivity index is 1.37. The van der Waals surface area contributed by atoms with Gasteiger partial charge in [0.05, 0.1) is 5.54 Å². The quantitative estimate of drug-likeness (QED) is 0.398. The molecule has 6 fully saturated rings. The van der Waals surface area contributed by atoms with Crippen LogP contribution in [0.5, 0.6) is 0 Å². The van der Waals surface area contributed by atoms with E-state index in [1.807, 2.05) is 4.90 Å². The molecule has 7 heteroatoms. The van der Waals surface area contributed by atoms with Gasteiger partial charge in [0, 0.05) is 13.0 Å². The van der Waals surface area contributed by atoms with E-state index >= 15 is 0 Å². The summed E-state index contributed by atoms with van der Waals surface area (Å²) < 4.78 is 0. The molecule has 0 radical (unpaired) electrons. The molecule has 0 aromatic carbocycles. The van der Waals surface area contributed by atoms with Crippen molar-refractivity contribution < 1.29 is 19.6 Å². The molecular weight excluding hydrogens is 358 g/mol. The fourth-order valence-electron chi connectivity index (χ4n) is 6.99. The van der Waals surface area contributed by atoms with Crippen LogP contribution >= 0.6 is 0 Å². The smallest absolute Gasteiger partial charge is 0.312 e. The highest BCUT2D eigenvalue weighted by Crippen LogP contribution is 2.58. The number of carbonyl (C=O) groups excluding carboxylic acids is 3. The van der Waals surface area contributed by atoms with Gasteiger partial charge in [0.25, 0.3) is 5.91 Å². The Morgan fingerprint density at radius 1 is 1.07 bits per heavy atom. The van der Waals surface area contributed by atoms with Crippen molar-refractivity contribution in [3.05, 3.63) is 0 Å². The second-order valence-electron chi connectivity index (χ2n) is 10.1. The monoisotopic (exact) mass is 389 g/mol. The summed E-state index contributed by atoms with van der Waals surface area (Å²) in [7, 11) is 0. The number of urea groups is 1. The van der Waals surface area contributed by atoms with E-state index in [1.54, 1.807) is 10.4 Å². The molecule has 5 aliphatic carbocycles. The predicted octanol–water partition coefficient (Wildman–Crippen LogP) is 2.67. The van der Waals surface area contributed by atoms with Gasteiger partial charge in [0.2, 0.25) is 5.91 Å². The minimum Gasteiger partial charge on any atom is -0.312 e. The van der Waals surface area contributed by atoms with Crippen molar-refractivity contribution in [2.75, 3.05) is 6.54 Å². The van der Waals surface area contributed by atoms with Crippen LogP contribution in [-0.4, -0.2) is 51.0 Å². The van der Waals surface area contributed by atoms with E-state index in [2.05, 4.69) is 0 Å². The Kier molecular flexibility index (Phi) is 4.41. The molecule has 5 saturated carbocycles. The summed E-state index contributed by atoms with van der Waals surface area (Å²) in [5.41, 5.74) is 1.40. The van der Waals surface area contributed by atoms with Crippen LogP contribution in [0.2, 0.25) is 0 Å². The summed E-state index contributed by atoms with van der Waals surface area (Å²) in [6.07, 6.45) is 10.2. The maximum Gasteiger partial charge on any atom is 0.327 e. The molecule has 7 nitrogen and oxygen atoms in total. The number of hydrogen-bond donors (Lipinski definition) is 2. The molecule has 1 aliphatic heterocycles. The number of hydroxylamine groups is 1. The van der Waals surface area contributed by atoms with Crippen LogP contribution in [-0.2, 0) is 9.59 Å². The van der Waals surface area contributed by atoms with Gasteiger partial charge < -0.3 is 4.90 Å². The van der Waals surface area contributed by atoms with Gasteiger partial charge in [-0.05, 0) is 87.9 Å². The zero-order chi connectivity index (χ0) is 19.5. The number of nitrogens with one attached hydrogen (secondary N) is 1. The minimum absolute atomic E-state index is 0.0305. The average Bonchev–Trinajstić information content (AvgIpc) is 3.42. The fourth-order valence-corrected chi connectivity index (χ4v) is 6.99. The molecule has 0 aromatic heterocycles. The Labute approximate surface area is 165 Å². The van der Waals surface area contributed by atoms with E-state index in [-0.39, 0.29) is 23.9 Å². The molecule has 6 rings (SSSR count). The van der Waals surface area contributed by atoms with Crippen molar-refractivity contribution in [3.8, 4) is 0 Å². The summed E-state index contributed by atoms with van der Waals surface area (Å²) in [5.74, 6) is 2.08. The van der Waals surface area contributed by atoms with Crippen molar-refractivity contribution in [3.63, 3.8) is 0 Å². The lowest BCUT2D eigenvalue weighted by Crippen LogP contribution is -2.62. The van der Waals surface area contributed by atoms with Crippen LogP contribution in [0.3, 0.4) is 0 Å².